The monoisotopic (exact) mass is 397 g/mol. The molecule has 118 valence electrons. The van der Waals surface area contributed by atoms with E-state index in [-0.39, 0.29) is 22.4 Å². The van der Waals surface area contributed by atoms with Crippen LogP contribution in [0.3, 0.4) is 0 Å². The van der Waals surface area contributed by atoms with E-state index >= 15 is 0 Å². The Bertz CT molecular complexity index is 624. The third-order valence-corrected chi connectivity index (χ3v) is 6.56. The van der Waals surface area contributed by atoms with Gasteiger partial charge in [-0.25, -0.2) is 12.8 Å². The van der Waals surface area contributed by atoms with Crippen LogP contribution in [0.4, 0.5) is 4.39 Å². The second-order valence-electron chi connectivity index (χ2n) is 5.32. The summed E-state index contributed by atoms with van der Waals surface area (Å²) in [6, 6.07) is 2.71. The van der Waals surface area contributed by atoms with Gasteiger partial charge in [-0.2, -0.15) is 4.31 Å². The van der Waals surface area contributed by atoms with E-state index in [0.717, 1.165) is 25.7 Å². The molecule has 1 aromatic rings. The lowest BCUT2D eigenvalue weighted by molar-refractivity contribution is 0.340. The lowest BCUT2D eigenvalue weighted by atomic mass is 10.1. The quantitative estimate of drug-likeness (QED) is 0.713. The Morgan fingerprint density at radius 3 is 2.76 bits per heavy atom. The van der Waals surface area contributed by atoms with E-state index in [9.17, 15) is 12.8 Å². The summed E-state index contributed by atoms with van der Waals surface area (Å²) in [4.78, 5) is -0.290. The van der Waals surface area contributed by atoms with Gasteiger partial charge in [0, 0.05) is 22.6 Å². The summed E-state index contributed by atoms with van der Waals surface area (Å²) in [5, 5.41) is 0. The van der Waals surface area contributed by atoms with Crippen molar-refractivity contribution < 1.29 is 12.8 Å². The molecule has 2 rings (SSSR count). The van der Waals surface area contributed by atoms with Gasteiger partial charge in [0.1, 0.15) is 10.7 Å². The number of hydrogen-bond acceptors (Lipinski definition) is 2. The normalized spacial score (nSPS) is 21.2. The van der Waals surface area contributed by atoms with Gasteiger partial charge in [-0.15, -0.1) is 11.6 Å². The first-order chi connectivity index (χ1) is 9.87. The summed E-state index contributed by atoms with van der Waals surface area (Å²) in [6.45, 7) is 2.31. The summed E-state index contributed by atoms with van der Waals surface area (Å²) < 4.78 is 42.0. The highest BCUT2D eigenvalue weighted by Crippen LogP contribution is 2.30. The number of nitrogens with zero attached hydrogens (tertiary/aromatic N) is 1. The number of benzene rings is 1. The largest absolute Gasteiger partial charge is 0.246 e. The molecule has 1 heterocycles. The van der Waals surface area contributed by atoms with Crippen LogP contribution in [0.25, 0.3) is 0 Å². The molecule has 3 nitrogen and oxygen atoms in total. The number of hydrogen-bond donors (Lipinski definition) is 0. The average molecular weight is 399 g/mol. The first-order valence-corrected chi connectivity index (χ1v) is 9.70. The molecule has 0 bridgehead atoms. The molecule has 0 radical (unpaired) electrons. The van der Waals surface area contributed by atoms with Gasteiger partial charge < -0.3 is 0 Å². The third-order valence-electron chi connectivity index (χ3n) is 3.80. The molecule has 1 aliphatic heterocycles. The zero-order valence-corrected chi connectivity index (χ0v) is 14.9. The number of halogens is 3. The van der Waals surface area contributed by atoms with E-state index in [2.05, 4.69) is 15.9 Å². The fourth-order valence-corrected chi connectivity index (χ4v) is 5.32. The molecule has 0 aliphatic carbocycles. The second-order valence-corrected chi connectivity index (χ2v) is 8.37. The van der Waals surface area contributed by atoms with Gasteiger partial charge in [0.15, 0.2) is 0 Å². The number of sulfonamides is 1. The maximum absolute atomic E-state index is 14.4. The average Bonchev–Trinajstić information content (AvgIpc) is 2.65. The minimum absolute atomic E-state index is 0.0661. The smallest absolute Gasteiger partial charge is 0.207 e. The highest BCUT2D eigenvalue weighted by Gasteiger charge is 2.33. The summed E-state index contributed by atoms with van der Waals surface area (Å²) in [5.41, 5.74) is 0.187. The summed E-state index contributed by atoms with van der Waals surface area (Å²) in [7, 11) is -3.85. The molecule has 7 heteroatoms. The molecule has 1 atom stereocenters. The van der Waals surface area contributed by atoms with Crippen molar-refractivity contribution in [1.82, 2.24) is 4.31 Å². The minimum atomic E-state index is -3.85. The minimum Gasteiger partial charge on any atom is -0.207 e. The van der Waals surface area contributed by atoms with E-state index in [4.69, 9.17) is 11.6 Å². The molecule has 0 N–H and O–H groups in total. The summed E-state index contributed by atoms with van der Waals surface area (Å²) >= 11 is 8.92. The molecule has 1 aromatic carbocycles. The van der Waals surface area contributed by atoms with Crippen LogP contribution in [0, 0.1) is 5.82 Å². The Morgan fingerprint density at radius 2 is 2.10 bits per heavy atom. The van der Waals surface area contributed by atoms with Crippen molar-refractivity contribution in [2.75, 3.05) is 6.54 Å². The molecular formula is C14H18BrClFNO2S. The van der Waals surface area contributed by atoms with Gasteiger partial charge in [0.05, 0.1) is 5.88 Å². The molecule has 1 unspecified atom stereocenters. The number of rotatable bonds is 3. The third kappa shape index (κ3) is 3.60. The van der Waals surface area contributed by atoms with Crippen molar-refractivity contribution in [3.63, 3.8) is 0 Å². The van der Waals surface area contributed by atoms with Gasteiger partial charge >= 0.3 is 0 Å². The standard InChI is InChI=1S/C14H18BrClFNO2S/c1-10-5-3-2-4-6-18(10)21(19,20)13-8-12(15)7-11(9-16)14(13)17/h7-8,10H,2-6,9H2,1H3. The molecule has 0 saturated carbocycles. The van der Waals surface area contributed by atoms with Crippen molar-refractivity contribution in [2.24, 2.45) is 0 Å². The van der Waals surface area contributed by atoms with Crippen molar-refractivity contribution >= 4 is 37.6 Å². The molecule has 0 aromatic heterocycles. The molecule has 21 heavy (non-hydrogen) atoms. The molecule has 0 amide bonds. The van der Waals surface area contributed by atoms with Crippen LogP contribution < -0.4 is 0 Å². The molecule has 1 aliphatic rings. The number of alkyl halides is 1. The molecule has 1 saturated heterocycles. The lowest BCUT2D eigenvalue weighted by Gasteiger charge is -2.26. The Morgan fingerprint density at radius 1 is 1.38 bits per heavy atom. The van der Waals surface area contributed by atoms with Crippen LogP contribution in [0.5, 0.6) is 0 Å². The van der Waals surface area contributed by atoms with Crippen LogP contribution in [0.2, 0.25) is 0 Å². The predicted octanol–water partition coefficient (Wildman–Crippen LogP) is 4.28. The van der Waals surface area contributed by atoms with Crippen molar-refractivity contribution in [3.8, 4) is 0 Å². The van der Waals surface area contributed by atoms with Crippen molar-refractivity contribution in [2.45, 2.75) is 49.4 Å². The van der Waals surface area contributed by atoms with Gasteiger partial charge in [0.2, 0.25) is 10.0 Å². The van der Waals surface area contributed by atoms with E-state index < -0.39 is 15.8 Å². The Hall–Kier alpha value is -0.170. The Kier molecular flexibility index (Phi) is 5.68. The van der Waals surface area contributed by atoms with Gasteiger partial charge in [-0.3, -0.25) is 0 Å². The highest BCUT2D eigenvalue weighted by atomic mass is 79.9. The Labute approximate surface area is 138 Å². The zero-order valence-electron chi connectivity index (χ0n) is 11.8. The van der Waals surface area contributed by atoms with Gasteiger partial charge in [0.25, 0.3) is 0 Å². The lowest BCUT2D eigenvalue weighted by Crippen LogP contribution is -2.38. The van der Waals surface area contributed by atoms with Gasteiger partial charge in [-0.1, -0.05) is 28.8 Å². The van der Waals surface area contributed by atoms with Crippen LogP contribution in [0.15, 0.2) is 21.5 Å². The maximum atomic E-state index is 14.4. The highest BCUT2D eigenvalue weighted by molar-refractivity contribution is 9.10. The second kappa shape index (κ2) is 6.94. The SMILES string of the molecule is CC1CCCCCN1S(=O)(=O)c1cc(Br)cc(CCl)c1F. The molecule has 0 spiro atoms. The Balaban J connectivity index is 2.50. The predicted molar refractivity (Wildman–Crippen MR) is 85.5 cm³/mol. The van der Waals surface area contributed by atoms with Gasteiger partial charge in [-0.05, 0) is 31.9 Å². The van der Waals surface area contributed by atoms with E-state index in [1.807, 2.05) is 6.92 Å². The van der Waals surface area contributed by atoms with Crippen LogP contribution >= 0.6 is 27.5 Å². The topological polar surface area (TPSA) is 37.4 Å². The van der Waals surface area contributed by atoms with Crippen LogP contribution in [0.1, 0.15) is 38.2 Å². The zero-order chi connectivity index (χ0) is 15.6. The van der Waals surface area contributed by atoms with Crippen LogP contribution in [-0.2, 0) is 15.9 Å². The van der Waals surface area contributed by atoms with Crippen molar-refractivity contribution in [1.29, 1.82) is 0 Å². The van der Waals surface area contributed by atoms with E-state index in [0.29, 0.717) is 11.0 Å². The summed E-state index contributed by atoms with van der Waals surface area (Å²) in [5.74, 6) is -0.812. The van der Waals surface area contributed by atoms with E-state index in [1.165, 1.54) is 16.4 Å². The first kappa shape index (κ1) is 17.2. The first-order valence-electron chi connectivity index (χ1n) is 6.93. The molecule has 1 fully saturated rings. The fraction of sp³-hybridized carbons (Fsp3) is 0.571. The summed E-state index contributed by atoms with van der Waals surface area (Å²) in [6.07, 6.45) is 3.62. The van der Waals surface area contributed by atoms with Crippen molar-refractivity contribution in [3.05, 3.63) is 28.0 Å². The van der Waals surface area contributed by atoms with Crippen LogP contribution in [-0.4, -0.2) is 25.3 Å². The fourth-order valence-electron chi connectivity index (χ4n) is 2.64. The maximum Gasteiger partial charge on any atom is 0.246 e. The molecular weight excluding hydrogens is 381 g/mol. The van der Waals surface area contributed by atoms with E-state index in [1.54, 1.807) is 0 Å².